The Kier molecular flexibility index (Phi) is 8.08. The fourth-order valence-corrected chi connectivity index (χ4v) is 7.50. The summed E-state index contributed by atoms with van der Waals surface area (Å²) < 4.78 is 6.34. The molecule has 3 aliphatic heterocycles. The number of carboxylic acid groups (broad SMARTS) is 1. The molecule has 2 aromatic rings. The van der Waals surface area contributed by atoms with E-state index in [2.05, 4.69) is 15.5 Å². The van der Waals surface area contributed by atoms with E-state index in [0.29, 0.717) is 28.2 Å². The van der Waals surface area contributed by atoms with Crippen molar-refractivity contribution in [2.75, 3.05) is 26.5 Å². The number of nitrogen functional groups attached to an aromatic ring is 1. The lowest BCUT2D eigenvalue weighted by molar-refractivity contribution is -0.143. The number of benzene rings is 1. The van der Waals surface area contributed by atoms with Crippen LogP contribution in [0.5, 0.6) is 5.75 Å². The van der Waals surface area contributed by atoms with E-state index in [4.69, 9.17) is 15.3 Å². The van der Waals surface area contributed by atoms with E-state index >= 15 is 0 Å². The predicted molar refractivity (Wildman–Crippen MR) is 154 cm³/mol. The summed E-state index contributed by atoms with van der Waals surface area (Å²) in [6.07, 6.45) is 2.39. The Morgan fingerprint density at radius 2 is 1.95 bits per heavy atom. The third-order valence-electron chi connectivity index (χ3n) is 6.96. The van der Waals surface area contributed by atoms with Crippen molar-refractivity contribution in [2.45, 2.75) is 31.3 Å². The molecule has 1 unspecified atom stereocenters. The summed E-state index contributed by atoms with van der Waals surface area (Å²) in [5, 5.41) is 16.9. The fraction of sp³-hybridized carbons (Fsp3) is 0.308. The van der Waals surface area contributed by atoms with Gasteiger partial charge in [0.05, 0.1) is 13.2 Å². The number of aromatic nitrogens is 1. The molecule has 16 heteroatoms. The minimum Gasteiger partial charge on any atom is -0.497 e. The molecule has 4 heterocycles. The van der Waals surface area contributed by atoms with Crippen LogP contribution in [0.1, 0.15) is 35.3 Å². The molecule has 4 amide bonds. The molecule has 3 atom stereocenters. The number of methoxy groups -OCH3 is 1. The van der Waals surface area contributed by atoms with Crippen molar-refractivity contribution in [3.05, 3.63) is 52.6 Å². The number of hydrogen-bond acceptors (Lipinski definition) is 11. The van der Waals surface area contributed by atoms with Crippen molar-refractivity contribution < 1.29 is 38.7 Å². The number of nitrogens with two attached hydrogens (primary N) is 1. The molecule has 1 aromatic carbocycles. The number of rotatable bonds is 7. The first-order chi connectivity index (χ1) is 20.1. The van der Waals surface area contributed by atoms with E-state index in [1.807, 2.05) is 0 Å². The van der Waals surface area contributed by atoms with Crippen molar-refractivity contribution in [2.24, 2.45) is 5.16 Å². The van der Waals surface area contributed by atoms with Gasteiger partial charge in [-0.05, 0) is 49.6 Å². The molecule has 4 N–H and O–H groups in total. The van der Waals surface area contributed by atoms with E-state index in [1.54, 1.807) is 24.3 Å². The average molecular weight is 615 g/mol. The normalized spacial score (nSPS) is 23.0. The highest BCUT2D eigenvalue weighted by molar-refractivity contribution is 8.26. The summed E-state index contributed by atoms with van der Waals surface area (Å²) in [6, 6.07) is 4.84. The smallest absolute Gasteiger partial charge is 0.378 e. The van der Waals surface area contributed by atoms with Gasteiger partial charge in [0.25, 0.3) is 23.6 Å². The van der Waals surface area contributed by atoms with E-state index in [-0.39, 0.29) is 35.9 Å². The minimum absolute atomic E-state index is 0.152. The van der Waals surface area contributed by atoms with Gasteiger partial charge in [-0.3, -0.25) is 28.4 Å². The number of thiazole rings is 1. The van der Waals surface area contributed by atoms with Gasteiger partial charge in [-0.25, -0.2) is 9.78 Å². The third-order valence-corrected chi connectivity index (χ3v) is 9.62. The number of ether oxygens (including phenoxy) is 1. The molecular weight excluding hydrogens is 588 g/mol. The predicted octanol–water partition coefficient (Wildman–Crippen LogP) is 1.61. The van der Waals surface area contributed by atoms with E-state index in [0.717, 1.165) is 16.2 Å². The molecule has 0 spiro atoms. The summed E-state index contributed by atoms with van der Waals surface area (Å²) in [4.78, 5) is 74.8. The summed E-state index contributed by atoms with van der Waals surface area (Å²) in [6.45, 7) is 0.152. The lowest BCUT2D eigenvalue weighted by Crippen LogP contribution is -2.70. The van der Waals surface area contributed by atoms with E-state index in [9.17, 15) is 29.1 Å². The number of likely N-dealkylation sites (tertiary alicyclic amines) is 1. The molecule has 0 aliphatic carbocycles. The second-order valence-corrected chi connectivity index (χ2v) is 12.1. The Labute approximate surface area is 245 Å². The number of nitrogens with zero attached hydrogens (tertiary/aromatic N) is 4. The zero-order chi connectivity index (χ0) is 30.1. The number of allylic oxidation sites excluding steroid dienone is 1. The third kappa shape index (κ3) is 5.25. The van der Waals surface area contributed by atoms with Crippen molar-refractivity contribution in [3.63, 3.8) is 0 Å². The summed E-state index contributed by atoms with van der Waals surface area (Å²) in [5.74, 6) is -1.69. The Morgan fingerprint density at radius 3 is 2.57 bits per heavy atom. The average Bonchev–Trinajstić information content (AvgIpc) is 3.58. The van der Waals surface area contributed by atoms with E-state index in [1.165, 1.54) is 30.0 Å². The maximum absolute atomic E-state index is 13.1. The first kappa shape index (κ1) is 28.9. The fourth-order valence-electron chi connectivity index (χ4n) is 4.95. The Morgan fingerprint density at radius 1 is 1.21 bits per heavy atom. The monoisotopic (exact) mass is 614 g/mol. The molecule has 220 valence electrons. The summed E-state index contributed by atoms with van der Waals surface area (Å²) in [5.41, 5.74) is 6.28. The molecule has 1 aromatic heterocycles. The van der Waals surface area contributed by atoms with Gasteiger partial charge in [-0.2, -0.15) is 0 Å². The number of carbonyl (C=O) groups is 5. The second kappa shape index (κ2) is 11.7. The molecule has 2 saturated heterocycles. The van der Waals surface area contributed by atoms with Gasteiger partial charge in [-0.15, -0.1) is 11.3 Å². The van der Waals surface area contributed by atoms with Crippen LogP contribution >= 0.6 is 22.0 Å². The van der Waals surface area contributed by atoms with Crippen molar-refractivity contribution in [1.82, 2.24) is 19.5 Å². The largest absolute Gasteiger partial charge is 0.497 e. The van der Waals surface area contributed by atoms with Crippen LogP contribution < -0.4 is 15.8 Å². The summed E-state index contributed by atoms with van der Waals surface area (Å²) >= 11 is 1.10. The first-order valence-corrected chi connectivity index (χ1v) is 14.7. The van der Waals surface area contributed by atoms with Crippen LogP contribution in [0, 0.1) is 0 Å². The van der Waals surface area contributed by atoms with Gasteiger partial charge in [0.15, 0.2) is 10.8 Å². The maximum atomic E-state index is 13.1. The molecule has 5 rings (SSSR count). The molecule has 2 fully saturated rings. The number of hydrogen-bond donors (Lipinski definition) is 3. The highest BCUT2D eigenvalue weighted by Crippen LogP contribution is 2.42. The van der Waals surface area contributed by atoms with Gasteiger partial charge in [-0.1, -0.05) is 5.16 Å². The lowest BCUT2D eigenvalue weighted by atomic mass is 9.92. The lowest BCUT2D eigenvalue weighted by Gasteiger charge is -2.50. The minimum atomic E-state index is -1.67. The summed E-state index contributed by atoms with van der Waals surface area (Å²) in [7, 11) is 1.10. The molecule has 42 heavy (non-hydrogen) atoms. The molecule has 0 radical (unpaired) electrons. The van der Waals surface area contributed by atoms with Crippen LogP contribution in [0.3, 0.4) is 0 Å². The first-order valence-electron chi connectivity index (χ1n) is 12.6. The van der Waals surface area contributed by atoms with Gasteiger partial charge < -0.3 is 25.7 Å². The number of imide groups is 1. The highest BCUT2D eigenvalue weighted by Gasteiger charge is 2.53. The Hall–Kier alpha value is -4.57. The number of anilines is 1. The second-order valence-electron chi connectivity index (χ2n) is 9.34. The maximum Gasteiger partial charge on any atom is 0.378 e. The van der Waals surface area contributed by atoms with E-state index < -0.39 is 51.7 Å². The zero-order valence-corrected chi connectivity index (χ0v) is 24.1. The number of carbonyl (C=O) groups excluding carboxylic acids is 4. The zero-order valence-electron chi connectivity index (χ0n) is 22.4. The van der Waals surface area contributed by atoms with Crippen LogP contribution in [0.25, 0.3) is 0 Å². The number of nitrogens with one attached hydrogen (secondary N) is 1. The number of amides is 4. The molecule has 0 bridgehead atoms. The standard InChI is InChI=1S/C26H26N6O8S2/c1-39-15-5-3-13(4-6-15)22(34)31-10-9-14(23(31)35)11-16-7-8-18-20(24(36)32(18)42(16)26(37)38)29-21(33)19(30-40-2)17-12-41-25(27)28-17/h3-6,11-12,18,20H,7-10H2,1-2H3,(H2,27,28)(H,29,33)(H,37,38)/b14-11+,30-19-/t18-,20-,42?/m1/s1. The number of fused-ring (bicyclic) bond motifs is 1. The topological polar surface area (TPSA) is 194 Å². The Bertz CT molecular complexity index is 1580. The molecule has 14 nitrogen and oxygen atoms in total. The van der Waals surface area contributed by atoms with Crippen molar-refractivity contribution in [3.8, 4) is 5.75 Å². The van der Waals surface area contributed by atoms with Gasteiger partial charge in [0, 0.05) is 38.6 Å². The van der Waals surface area contributed by atoms with Gasteiger partial charge in [0.2, 0.25) is 0 Å². The SMILES string of the molecule is CO/N=C(\C(=O)N[C@H]1C(=O)N2[C@@H]1CCC(/C=C1\CCN(C(=O)c3ccc(OC)cc3)C1=O)=S2C(=O)O)c1csc(N)n1. The van der Waals surface area contributed by atoms with Crippen molar-refractivity contribution in [1.29, 1.82) is 0 Å². The van der Waals surface area contributed by atoms with Crippen LogP contribution in [-0.4, -0.2) is 91.6 Å². The number of oxime groups is 1. The van der Waals surface area contributed by atoms with Crippen LogP contribution in [0.2, 0.25) is 0 Å². The van der Waals surface area contributed by atoms with Crippen molar-refractivity contribution >= 4 is 66.6 Å². The van der Waals surface area contributed by atoms with Gasteiger partial charge >= 0.3 is 5.30 Å². The van der Waals surface area contributed by atoms with Crippen LogP contribution in [0.4, 0.5) is 9.93 Å². The molecular formula is C26H26N6O8S2. The highest BCUT2D eigenvalue weighted by atomic mass is 32.2. The number of β-lactam (4-membered cyclic amide) rings is 1. The van der Waals surface area contributed by atoms with Crippen LogP contribution in [0.15, 0.2) is 46.5 Å². The molecule has 3 aliphatic rings. The van der Waals surface area contributed by atoms with Crippen LogP contribution in [-0.2, 0) is 19.2 Å². The molecule has 0 saturated carbocycles. The van der Waals surface area contributed by atoms with Gasteiger partial charge in [0.1, 0.15) is 24.6 Å². The quantitative estimate of drug-likeness (QED) is 0.103. The Balaban J connectivity index is 1.33.